The Morgan fingerprint density at radius 3 is 2.54 bits per heavy atom. The number of ether oxygens (including phenoxy) is 2. The Morgan fingerprint density at radius 2 is 1.79 bits per heavy atom. The van der Waals surface area contributed by atoms with Gasteiger partial charge in [0, 0.05) is 17.3 Å². The SMILES string of the molecule is COc1ccc(S(=O)(=O)NCc2csc3ccccc23)cc1OC. The Balaban J connectivity index is 1.84. The van der Waals surface area contributed by atoms with Crippen LogP contribution in [-0.4, -0.2) is 22.6 Å². The van der Waals surface area contributed by atoms with E-state index >= 15 is 0 Å². The van der Waals surface area contributed by atoms with E-state index in [2.05, 4.69) is 4.72 Å². The van der Waals surface area contributed by atoms with Crippen molar-refractivity contribution in [2.24, 2.45) is 0 Å². The van der Waals surface area contributed by atoms with Gasteiger partial charge < -0.3 is 9.47 Å². The highest BCUT2D eigenvalue weighted by Crippen LogP contribution is 2.30. The molecule has 0 saturated heterocycles. The second kappa shape index (κ2) is 6.80. The first-order valence-electron chi connectivity index (χ1n) is 7.22. The zero-order chi connectivity index (χ0) is 17.2. The Kier molecular flexibility index (Phi) is 4.75. The average molecular weight is 363 g/mol. The number of nitrogens with one attached hydrogen (secondary N) is 1. The van der Waals surface area contributed by atoms with Gasteiger partial charge in [0.1, 0.15) is 0 Å². The molecule has 0 spiro atoms. The number of hydrogen-bond acceptors (Lipinski definition) is 5. The molecule has 24 heavy (non-hydrogen) atoms. The quantitative estimate of drug-likeness (QED) is 0.729. The molecule has 2 aromatic carbocycles. The summed E-state index contributed by atoms with van der Waals surface area (Å²) in [5.74, 6) is 0.863. The van der Waals surface area contributed by atoms with Gasteiger partial charge in [-0.15, -0.1) is 11.3 Å². The van der Waals surface area contributed by atoms with Crippen LogP contribution >= 0.6 is 11.3 Å². The fourth-order valence-electron chi connectivity index (χ4n) is 2.41. The highest BCUT2D eigenvalue weighted by Gasteiger charge is 2.17. The van der Waals surface area contributed by atoms with E-state index in [0.29, 0.717) is 11.5 Å². The van der Waals surface area contributed by atoms with Gasteiger partial charge in [-0.3, -0.25) is 0 Å². The normalized spacial score (nSPS) is 11.6. The minimum atomic E-state index is -3.64. The van der Waals surface area contributed by atoms with Gasteiger partial charge in [0.25, 0.3) is 0 Å². The Bertz CT molecular complexity index is 964. The second-order valence-electron chi connectivity index (χ2n) is 5.10. The van der Waals surface area contributed by atoms with E-state index in [-0.39, 0.29) is 11.4 Å². The Labute approximate surface area is 144 Å². The number of hydrogen-bond donors (Lipinski definition) is 1. The van der Waals surface area contributed by atoms with Crippen molar-refractivity contribution in [2.75, 3.05) is 14.2 Å². The second-order valence-corrected chi connectivity index (χ2v) is 7.78. The van der Waals surface area contributed by atoms with Crippen LogP contribution < -0.4 is 14.2 Å². The molecule has 0 saturated carbocycles. The van der Waals surface area contributed by atoms with Gasteiger partial charge in [-0.2, -0.15) is 0 Å². The Hall–Kier alpha value is -2.09. The minimum Gasteiger partial charge on any atom is -0.493 e. The molecular weight excluding hydrogens is 346 g/mol. The molecule has 5 nitrogen and oxygen atoms in total. The fourth-order valence-corrected chi connectivity index (χ4v) is 4.39. The van der Waals surface area contributed by atoms with E-state index in [9.17, 15) is 8.42 Å². The van der Waals surface area contributed by atoms with Gasteiger partial charge in [-0.1, -0.05) is 18.2 Å². The van der Waals surface area contributed by atoms with Crippen molar-refractivity contribution in [3.05, 3.63) is 53.4 Å². The van der Waals surface area contributed by atoms with Crippen LogP contribution in [-0.2, 0) is 16.6 Å². The maximum atomic E-state index is 12.5. The molecular formula is C17H17NO4S2. The van der Waals surface area contributed by atoms with Crippen molar-refractivity contribution in [3.8, 4) is 11.5 Å². The number of fused-ring (bicyclic) bond motifs is 1. The largest absolute Gasteiger partial charge is 0.493 e. The third-order valence-electron chi connectivity index (χ3n) is 3.68. The van der Waals surface area contributed by atoms with Crippen LogP contribution in [0.2, 0.25) is 0 Å². The van der Waals surface area contributed by atoms with Crippen LogP contribution in [0.5, 0.6) is 11.5 Å². The molecule has 0 unspecified atom stereocenters. The topological polar surface area (TPSA) is 64.6 Å². The van der Waals surface area contributed by atoms with Gasteiger partial charge in [0.05, 0.1) is 19.1 Å². The van der Waals surface area contributed by atoms with Crippen molar-refractivity contribution in [1.82, 2.24) is 4.72 Å². The van der Waals surface area contributed by atoms with Gasteiger partial charge in [0.2, 0.25) is 10.0 Å². The molecule has 0 aliphatic carbocycles. The van der Waals surface area contributed by atoms with Crippen LogP contribution in [0, 0.1) is 0 Å². The number of methoxy groups -OCH3 is 2. The van der Waals surface area contributed by atoms with E-state index < -0.39 is 10.0 Å². The highest BCUT2D eigenvalue weighted by molar-refractivity contribution is 7.89. The summed E-state index contributed by atoms with van der Waals surface area (Å²) in [4.78, 5) is 0.139. The first kappa shape index (κ1) is 16.8. The molecule has 7 heteroatoms. The first-order chi connectivity index (χ1) is 11.5. The summed E-state index contributed by atoms with van der Waals surface area (Å²) < 4.78 is 39.1. The van der Waals surface area contributed by atoms with Gasteiger partial charge in [0.15, 0.2) is 11.5 Å². The van der Waals surface area contributed by atoms with E-state index in [0.717, 1.165) is 15.6 Å². The number of benzene rings is 2. The average Bonchev–Trinajstić information content (AvgIpc) is 3.02. The predicted molar refractivity (Wildman–Crippen MR) is 95.4 cm³/mol. The van der Waals surface area contributed by atoms with Crippen molar-refractivity contribution in [2.45, 2.75) is 11.4 Å². The van der Waals surface area contributed by atoms with E-state index in [4.69, 9.17) is 9.47 Å². The Morgan fingerprint density at radius 1 is 1.04 bits per heavy atom. The number of rotatable bonds is 6. The molecule has 1 heterocycles. The summed E-state index contributed by atoms with van der Waals surface area (Å²) in [6.07, 6.45) is 0. The van der Waals surface area contributed by atoms with E-state index in [1.165, 1.54) is 26.4 Å². The van der Waals surface area contributed by atoms with E-state index in [1.54, 1.807) is 17.4 Å². The standard InChI is InChI=1S/C17H17NO4S2/c1-21-15-8-7-13(9-16(15)22-2)24(19,20)18-10-12-11-23-17-6-4-3-5-14(12)17/h3-9,11,18H,10H2,1-2H3. The van der Waals surface area contributed by atoms with E-state index in [1.807, 2.05) is 29.6 Å². The summed E-state index contributed by atoms with van der Waals surface area (Å²) in [6.45, 7) is 0.237. The summed E-state index contributed by atoms with van der Waals surface area (Å²) in [6, 6.07) is 12.5. The molecule has 1 aromatic heterocycles. The summed E-state index contributed by atoms with van der Waals surface area (Å²) in [5, 5.41) is 3.04. The zero-order valence-corrected chi connectivity index (χ0v) is 14.9. The minimum absolute atomic E-state index is 0.139. The molecule has 0 atom stereocenters. The van der Waals surface area contributed by atoms with Gasteiger partial charge in [-0.25, -0.2) is 13.1 Å². The first-order valence-corrected chi connectivity index (χ1v) is 9.58. The zero-order valence-electron chi connectivity index (χ0n) is 13.3. The predicted octanol–water partition coefficient (Wildman–Crippen LogP) is 3.40. The number of sulfonamides is 1. The molecule has 0 bridgehead atoms. The lowest BCUT2D eigenvalue weighted by Gasteiger charge is -2.11. The van der Waals surface area contributed by atoms with Crippen LogP contribution in [0.3, 0.4) is 0 Å². The molecule has 0 fully saturated rings. The maximum Gasteiger partial charge on any atom is 0.241 e. The molecule has 0 amide bonds. The molecule has 1 N–H and O–H groups in total. The molecule has 3 rings (SSSR count). The molecule has 0 aliphatic heterocycles. The summed E-state index contributed by atoms with van der Waals surface area (Å²) in [5.41, 5.74) is 0.958. The van der Waals surface area contributed by atoms with Crippen molar-refractivity contribution in [3.63, 3.8) is 0 Å². The van der Waals surface area contributed by atoms with Crippen molar-refractivity contribution in [1.29, 1.82) is 0 Å². The lowest BCUT2D eigenvalue weighted by molar-refractivity contribution is 0.354. The summed E-state index contributed by atoms with van der Waals surface area (Å²) >= 11 is 1.60. The fraction of sp³-hybridized carbons (Fsp3) is 0.176. The monoisotopic (exact) mass is 363 g/mol. The van der Waals surface area contributed by atoms with Gasteiger partial charge in [-0.05, 0) is 34.5 Å². The third kappa shape index (κ3) is 3.24. The molecule has 3 aromatic rings. The van der Waals surface area contributed by atoms with Gasteiger partial charge >= 0.3 is 0 Å². The van der Waals surface area contributed by atoms with Crippen LogP contribution in [0.25, 0.3) is 10.1 Å². The third-order valence-corrected chi connectivity index (χ3v) is 6.09. The van der Waals surface area contributed by atoms with Crippen molar-refractivity contribution < 1.29 is 17.9 Å². The smallest absolute Gasteiger partial charge is 0.241 e. The molecule has 126 valence electrons. The van der Waals surface area contributed by atoms with Crippen LogP contribution in [0.15, 0.2) is 52.7 Å². The van der Waals surface area contributed by atoms with Crippen LogP contribution in [0.1, 0.15) is 5.56 Å². The van der Waals surface area contributed by atoms with Crippen LogP contribution in [0.4, 0.5) is 0 Å². The highest BCUT2D eigenvalue weighted by atomic mass is 32.2. The van der Waals surface area contributed by atoms with Crippen molar-refractivity contribution >= 4 is 31.4 Å². The maximum absolute atomic E-state index is 12.5. The summed E-state index contributed by atoms with van der Waals surface area (Å²) in [7, 11) is -0.666. The number of thiophene rings is 1. The molecule has 0 radical (unpaired) electrons. The lowest BCUT2D eigenvalue weighted by atomic mass is 10.2. The lowest BCUT2D eigenvalue weighted by Crippen LogP contribution is -2.23. The molecule has 0 aliphatic rings.